The molecule has 1 aliphatic carbocycles. The van der Waals surface area contributed by atoms with Crippen LogP contribution in [0, 0.1) is 17.5 Å². The van der Waals surface area contributed by atoms with Gasteiger partial charge in [0.05, 0.1) is 0 Å². The van der Waals surface area contributed by atoms with Crippen LogP contribution in [0.25, 0.3) is 0 Å². The maximum absolute atomic E-state index is 13.1. The lowest BCUT2D eigenvalue weighted by Gasteiger charge is -2.05. The fourth-order valence-electron chi connectivity index (χ4n) is 1.24. The Hall–Kier alpha value is -1.03. The zero-order valence-corrected chi connectivity index (χ0v) is 7.49. The quantitative estimate of drug-likeness (QED) is 0.740. The van der Waals surface area contributed by atoms with E-state index in [4.69, 9.17) is 0 Å². The second-order valence-electron chi connectivity index (χ2n) is 3.49. The Balaban J connectivity index is 2.11. The number of hydrogen-bond acceptors (Lipinski definition) is 1. The summed E-state index contributed by atoms with van der Waals surface area (Å²) < 4.78 is 38.4. The molecule has 14 heavy (non-hydrogen) atoms. The zero-order valence-electron chi connectivity index (χ0n) is 7.49. The highest BCUT2D eigenvalue weighted by Crippen LogP contribution is 2.20. The van der Waals surface area contributed by atoms with Gasteiger partial charge in [0, 0.05) is 18.2 Å². The Morgan fingerprint density at radius 2 is 1.86 bits per heavy atom. The van der Waals surface area contributed by atoms with E-state index in [1.54, 1.807) is 0 Å². The molecule has 4 heteroatoms. The van der Waals surface area contributed by atoms with E-state index in [1.807, 2.05) is 0 Å². The van der Waals surface area contributed by atoms with Crippen LogP contribution in [0.2, 0.25) is 0 Å². The molecule has 0 heterocycles. The largest absolute Gasteiger partial charge is 0.310 e. The van der Waals surface area contributed by atoms with Crippen molar-refractivity contribution in [2.45, 2.75) is 25.4 Å². The van der Waals surface area contributed by atoms with Crippen LogP contribution in [-0.4, -0.2) is 6.04 Å². The minimum Gasteiger partial charge on any atom is -0.310 e. The van der Waals surface area contributed by atoms with E-state index in [0.29, 0.717) is 6.04 Å². The summed E-state index contributed by atoms with van der Waals surface area (Å²) in [5, 5.41) is 3.03. The van der Waals surface area contributed by atoms with Crippen LogP contribution in [0.5, 0.6) is 0 Å². The molecule has 2 rings (SSSR count). The lowest BCUT2D eigenvalue weighted by molar-refractivity contribution is 0.438. The van der Waals surface area contributed by atoms with Crippen molar-refractivity contribution >= 4 is 0 Å². The van der Waals surface area contributed by atoms with Crippen molar-refractivity contribution in [2.75, 3.05) is 0 Å². The molecule has 0 aliphatic heterocycles. The molecule has 76 valence electrons. The molecule has 1 aromatic carbocycles. The molecule has 0 atom stereocenters. The van der Waals surface area contributed by atoms with Gasteiger partial charge in [0.25, 0.3) is 0 Å². The van der Waals surface area contributed by atoms with E-state index in [-0.39, 0.29) is 12.1 Å². The summed E-state index contributed by atoms with van der Waals surface area (Å²) in [5.41, 5.74) is 0.177. The molecule has 0 radical (unpaired) electrons. The first kappa shape index (κ1) is 9.52. The Morgan fingerprint density at radius 1 is 1.14 bits per heavy atom. The van der Waals surface area contributed by atoms with Gasteiger partial charge in [-0.3, -0.25) is 0 Å². The van der Waals surface area contributed by atoms with Gasteiger partial charge in [-0.05, 0) is 18.9 Å². The van der Waals surface area contributed by atoms with Crippen LogP contribution in [-0.2, 0) is 6.54 Å². The first-order valence-corrected chi connectivity index (χ1v) is 4.54. The number of rotatable bonds is 3. The summed E-state index contributed by atoms with van der Waals surface area (Å²) in [4.78, 5) is 0. The third-order valence-corrected chi connectivity index (χ3v) is 2.27. The number of nitrogens with one attached hydrogen (secondary N) is 1. The molecule has 1 saturated carbocycles. The fraction of sp³-hybridized carbons (Fsp3) is 0.400. The van der Waals surface area contributed by atoms with Gasteiger partial charge in [-0.1, -0.05) is 6.07 Å². The van der Waals surface area contributed by atoms with E-state index in [1.165, 1.54) is 6.07 Å². The van der Waals surface area contributed by atoms with Crippen LogP contribution in [0.3, 0.4) is 0 Å². The lowest BCUT2D eigenvalue weighted by Crippen LogP contribution is -2.16. The minimum absolute atomic E-state index is 0.177. The number of benzene rings is 1. The maximum atomic E-state index is 13.1. The molecule has 0 bridgehead atoms. The molecule has 1 N–H and O–H groups in total. The molecular formula is C10H10F3N. The van der Waals surface area contributed by atoms with Gasteiger partial charge in [-0.2, -0.15) is 0 Å². The molecule has 0 saturated heterocycles. The molecule has 0 spiro atoms. The maximum Gasteiger partial charge on any atom is 0.194 e. The number of halogens is 3. The predicted molar refractivity (Wildman–Crippen MR) is 46.2 cm³/mol. The topological polar surface area (TPSA) is 12.0 Å². The summed E-state index contributed by atoms with van der Waals surface area (Å²) in [6, 6.07) is 2.63. The van der Waals surface area contributed by atoms with Crippen LogP contribution in [0.1, 0.15) is 18.4 Å². The summed E-state index contributed by atoms with van der Waals surface area (Å²) >= 11 is 0. The predicted octanol–water partition coefficient (Wildman–Crippen LogP) is 2.36. The SMILES string of the molecule is Fc1ccc(CNC2CC2)c(F)c1F. The van der Waals surface area contributed by atoms with Gasteiger partial charge in [0.2, 0.25) is 0 Å². The average Bonchev–Trinajstić information content (AvgIpc) is 2.97. The molecule has 1 aliphatic rings. The van der Waals surface area contributed by atoms with Crippen molar-refractivity contribution in [3.05, 3.63) is 35.1 Å². The van der Waals surface area contributed by atoms with Crippen molar-refractivity contribution in [3.8, 4) is 0 Å². The highest BCUT2D eigenvalue weighted by molar-refractivity contribution is 5.20. The minimum atomic E-state index is -1.39. The highest BCUT2D eigenvalue weighted by atomic mass is 19.2. The molecule has 0 amide bonds. The third-order valence-electron chi connectivity index (χ3n) is 2.27. The Labute approximate surface area is 79.9 Å². The average molecular weight is 201 g/mol. The van der Waals surface area contributed by atoms with Crippen molar-refractivity contribution in [1.82, 2.24) is 5.32 Å². The third kappa shape index (κ3) is 1.90. The van der Waals surface area contributed by atoms with E-state index < -0.39 is 17.5 Å². The monoisotopic (exact) mass is 201 g/mol. The fourth-order valence-corrected chi connectivity index (χ4v) is 1.24. The van der Waals surface area contributed by atoms with Gasteiger partial charge in [-0.15, -0.1) is 0 Å². The van der Waals surface area contributed by atoms with E-state index in [2.05, 4.69) is 5.32 Å². The normalized spacial score (nSPS) is 15.9. The highest BCUT2D eigenvalue weighted by Gasteiger charge is 2.21. The molecule has 0 unspecified atom stereocenters. The van der Waals surface area contributed by atoms with Gasteiger partial charge >= 0.3 is 0 Å². The van der Waals surface area contributed by atoms with Gasteiger partial charge in [0.15, 0.2) is 17.5 Å². The molecule has 0 aromatic heterocycles. The van der Waals surface area contributed by atoms with E-state index in [0.717, 1.165) is 18.9 Å². The summed E-state index contributed by atoms with van der Waals surface area (Å²) in [6.45, 7) is 0.258. The first-order chi connectivity index (χ1) is 6.68. The zero-order chi connectivity index (χ0) is 10.1. The molecule has 1 nitrogen and oxygen atoms in total. The first-order valence-electron chi connectivity index (χ1n) is 4.54. The smallest absolute Gasteiger partial charge is 0.194 e. The van der Waals surface area contributed by atoms with Crippen LogP contribution >= 0.6 is 0 Å². The van der Waals surface area contributed by atoms with Crippen molar-refractivity contribution in [2.24, 2.45) is 0 Å². The summed E-state index contributed by atoms with van der Waals surface area (Å²) in [7, 11) is 0. The standard InChI is InChI=1S/C10H10F3N/c11-8-4-1-6(9(12)10(8)13)5-14-7-2-3-7/h1,4,7,14H,2-3,5H2. The second-order valence-corrected chi connectivity index (χ2v) is 3.49. The molecule has 1 aromatic rings. The molecule has 1 fully saturated rings. The second kappa shape index (κ2) is 3.61. The van der Waals surface area contributed by atoms with E-state index in [9.17, 15) is 13.2 Å². The van der Waals surface area contributed by atoms with Crippen LogP contribution in [0.15, 0.2) is 12.1 Å². The van der Waals surface area contributed by atoms with E-state index >= 15 is 0 Å². The number of hydrogen-bond donors (Lipinski definition) is 1. The molecular weight excluding hydrogens is 191 g/mol. The van der Waals surface area contributed by atoms with Crippen LogP contribution < -0.4 is 5.32 Å². The Bertz CT molecular complexity index is 347. The summed E-state index contributed by atoms with van der Waals surface area (Å²) in [6.07, 6.45) is 2.15. The van der Waals surface area contributed by atoms with Crippen molar-refractivity contribution in [1.29, 1.82) is 0 Å². The van der Waals surface area contributed by atoms with Crippen LogP contribution in [0.4, 0.5) is 13.2 Å². The van der Waals surface area contributed by atoms with Gasteiger partial charge in [0.1, 0.15) is 0 Å². The van der Waals surface area contributed by atoms with Gasteiger partial charge < -0.3 is 5.32 Å². The lowest BCUT2D eigenvalue weighted by atomic mass is 10.2. The Kier molecular flexibility index (Phi) is 2.46. The summed E-state index contributed by atoms with van der Waals surface area (Å²) in [5.74, 6) is -3.61. The van der Waals surface area contributed by atoms with Crippen molar-refractivity contribution < 1.29 is 13.2 Å². The van der Waals surface area contributed by atoms with Gasteiger partial charge in [-0.25, -0.2) is 13.2 Å². The Morgan fingerprint density at radius 3 is 2.50 bits per heavy atom. The van der Waals surface area contributed by atoms with Crippen molar-refractivity contribution in [3.63, 3.8) is 0 Å².